The second kappa shape index (κ2) is 47.6. The average molecular weight is 1170 g/mol. The molecule has 1 aromatic carbocycles. The molecular formula is C57H83NO22S. The number of rotatable bonds is 45. The summed E-state index contributed by atoms with van der Waals surface area (Å²) in [5.74, 6) is -2.32. The number of aryl methyl sites for hydroxylation is 1. The first-order chi connectivity index (χ1) is 39.1. The molecule has 0 aliphatic rings. The number of fused-ring (bicyclic) bond motifs is 1. The van der Waals surface area contributed by atoms with Gasteiger partial charge in [-0.3, -0.25) is 9.59 Å². The van der Waals surface area contributed by atoms with Crippen LogP contribution in [0.2, 0.25) is 0 Å². The molecule has 1 heterocycles. The Kier molecular flexibility index (Phi) is 42.9. The van der Waals surface area contributed by atoms with Crippen LogP contribution in [0.4, 0.5) is 0 Å². The van der Waals surface area contributed by atoms with Gasteiger partial charge in [-0.25, -0.2) is 19.2 Å². The number of carbonyl (C=O) groups excluding carboxylic acids is 5. The van der Waals surface area contributed by atoms with Crippen molar-refractivity contribution in [3.05, 3.63) is 114 Å². The molecule has 2 rings (SSSR count). The van der Waals surface area contributed by atoms with E-state index in [4.69, 9.17) is 75.8 Å². The van der Waals surface area contributed by atoms with Gasteiger partial charge in [0.15, 0.2) is 30.9 Å². The first-order valence-electron chi connectivity index (χ1n) is 26.2. The first kappa shape index (κ1) is 73.0. The third-order valence-electron chi connectivity index (χ3n) is 10.2. The highest BCUT2D eigenvalue weighted by atomic mass is 32.1. The predicted octanol–water partition coefficient (Wildman–Crippen LogP) is 5.76. The van der Waals surface area contributed by atoms with Crippen LogP contribution in [-0.4, -0.2) is 198 Å². The quantitative estimate of drug-likeness (QED) is 0.0251. The molecule has 81 heavy (non-hydrogen) atoms. The first-order valence-corrected chi connectivity index (χ1v) is 27.1. The summed E-state index contributed by atoms with van der Waals surface area (Å²) < 4.78 is 88.0. The fraction of sp³-hybridized carbons (Fsp3) is 0.544. The molecule has 0 spiro atoms. The Balaban J connectivity index is 0.00000176. The largest absolute Gasteiger partial charge is 0.484 e. The summed E-state index contributed by atoms with van der Waals surface area (Å²) in [5.41, 5.74) is 0.347. The van der Waals surface area contributed by atoms with Crippen molar-refractivity contribution in [2.75, 3.05) is 132 Å². The number of nitrogens with zero attached hydrogens (tertiary/aromatic N) is 1. The molecule has 0 fully saturated rings. The molecule has 4 unspecified atom stereocenters. The molecule has 24 heteroatoms. The Hall–Kier alpha value is -6.00. The van der Waals surface area contributed by atoms with E-state index in [0.29, 0.717) is 43.1 Å². The van der Waals surface area contributed by atoms with Crippen molar-refractivity contribution in [3.63, 3.8) is 0 Å². The Morgan fingerprint density at radius 2 is 0.951 bits per heavy atom. The van der Waals surface area contributed by atoms with Gasteiger partial charge in [-0.2, -0.15) is 0 Å². The summed E-state index contributed by atoms with van der Waals surface area (Å²) in [6.45, 7) is 26.7. The van der Waals surface area contributed by atoms with Crippen LogP contribution < -0.4 is 10.2 Å². The van der Waals surface area contributed by atoms with Crippen molar-refractivity contribution in [2.24, 2.45) is 0 Å². The van der Waals surface area contributed by atoms with Crippen LogP contribution in [0.3, 0.4) is 0 Å². The number of carbonyl (C=O) groups is 5. The van der Waals surface area contributed by atoms with Crippen molar-refractivity contribution in [3.8, 4) is 5.75 Å². The van der Waals surface area contributed by atoms with E-state index in [9.17, 15) is 28.8 Å². The third-order valence-corrected chi connectivity index (χ3v) is 11.1. The molecule has 1 aromatic heterocycles. The topological polar surface area (TPSA) is 253 Å². The minimum Gasteiger partial charge on any atom is -0.484 e. The van der Waals surface area contributed by atoms with Gasteiger partial charge >= 0.3 is 23.9 Å². The van der Waals surface area contributed by atoms with Crippen LogP contribution in [0.25, 0.3) is 10.1 Å². The van der Waals surface area contributed by atoms with E-state index in [2.05, 4.69) is 26.3 Å². The molecule has 0 radical (unpaired) electrons. The van der Waals surface area contributed by atoms with Crippen molar-refractivity contribution in [2.45, 2.75) is 72.7 Å². The van der Waals surface area contributed by atoms with E-state index >= 15 is 0 Å². The highest BCUT2D eigenvalue weighted by Gasteiger charge is 2.31. The lowest BCUT2D eigenvalue weighted by atomic mass is 10.2. The van der Waals surface area contributed by atoms with E-state index in [1.54, 1.807) is 58.0 Å². The fourth-order valence-electron chi connectivity index (χ4n) is 6.22. The van der Waals surface area contributed by atoms with E-state index in [1.807, 2.05) is 31.4 Å². The standard InChI is InChI=1S/C46H63NO17S.C11H20O5/c1-8-43(49)59-26-20-53-17-23-56-35(5)47(42(48)33-64-39-15-16-41-40(30-39)46(52)34(4)14-12-11-13-29-65-41)38(31-62-36(6)57-24-18-54-21-27-60-44(50)9-2)32-63-37(7)58-25-19-55-22-28-61-45(51)10-3;1-4-11(12)16-9-7-13-6-8-15-10(3)14-5-2/h8-16,29-30,35-38H,1-3,17-28,31-33H2,4-7H3;4,10H,1,5-9H2,2-3H3. The number of ether oxygens (including phenoxy) is 16. The number of esters is 4. The molecular weight excluding hydrogens is 1080 g/mol. The Morgan fingerprint density at radius 3 is 1.38 bits per heavy atom. The molecule has 0 bridgehead atoms. The van der Waals surface area contributed by atoms with Crippen LogP contribution in [0.5, 0.6) is 5.75 Å². The number of hydrogen-bond donors (Lipinski definition) is 0. The van der Waals surface area contributed by atoms with Crippen molar-refractivity contribution in [1.29, 1.82) is 0 Å². The van der Waals surface area contributed by atoms with Gasteiger partial charge in [0.2, 0.25) is 0 Å². The minimum absolute atomic E-state index is 0.0186. The van der Waals surface area contributed by atoms with Gasteiger partial charge in [0.1, 0.15) is 38.4 Å². The lowest BCUT2D eigenvalue weighted by Gasteiger charge is -2.37. The molecule has 454 valence electrons. The molecule has 4 atom stereocenters. The zero-order valence-corrected chi connectivity index (χ0v) is 48.4. The van der Waals surface area contributed by atoms with Gasteiger partial charge in [0.25, 0.3) is 5.91 Å². The maximum absolute atomic E-state index is 14.3. The maximum atomic E-state index is 14.3. The summed E-state index contributed by atoms with van der Waals surface area (Å²) in [6.07, 6.45) is 1.67. The van der Waals surface area contributed by atoms with E-state index in [1.165, 1.54) is 16.2 Å². The Bertz CT molecular complexity index is 2220. The SMILES string of the molecule is C=CC(=O)OCCOCCOC(C)OCC.C=CC(=O)OCCOCCOC(C)OCC(COC(C)OCCOCCOC(=O)C=C)N(C(=O)COc1ccc2scccccc(C)c(=O)c2c1)C(C)OCCOCCOC(=O)C=C. The number of benzene rings is 1. The van der Waals surface area contributed by atoms with E-state index in [0.717, 1.165) is 29.0 Å². The smallest absolute Gasteiger partial charge is 0.330 e. The normalized spacial score (nSPS) is 12.6. The molecule has 1 amide bonds. The Labute approximate surface area is 479 Å². The summed E-state index contributed by atoms with van der Waals surface area (Å²) >= 11 is 1.39. The predicted molar refractivity (Wildman–Crippen MR) is 300 cm³/mol. The second-order valence-electron chi connectivity index (χ2n) is 16.3. The van der Waals surface area contributed by atoms with Gasteiger partial charge in [-0.05, 0) is 70.7 Å². The van der Waals surface area contributed by atoms with E-state index < -0.39 is 61.2 Å². The van der Waals surface area contributed by atoms with Gasteiger partial charge in [-0.1, -0.05) is 50.6 Å². The van der Waals surface area contributed by atoms with Crippen molar-refractivity contribution < 1.29 is 99.8 Å². The highest BCUT2D eigenvalue weighted by molar-refractivity contribution is 7.16. The van der Waals surface area contributed by atoms with Crippen LogP contribution in [-0.2, 0) is 95.0 Å². The zero-order valence-electron chi connectivity index (χ0n) is 47.6. The van der Waals surface area contributed by atoms with Gasteiger partial charge < -0.3 is 80.7 Å². The van der Waals surface area contributed by atoms with Crippen LogP contribution in [0, 0.1) is 6.92 Å². The molecule has 23 nitrogen and oxygen atoms in total. The molecule has 0 saturated heterocycles. The molecule has 0 N–H and O–H groups in total. The van der Waals surface area contributed by atoms with Crippen LogP contribution >= 0.6 is 11.3 Å². The number of hydrogen-bond acceptors (Lipinski definition) is 23. The highest BCUT2D eigenvalue weighted by Crippen LogP contribution is 2.21. The lowest BCUT2D eigenvalue weighted by molar-refractivity contribution is -0.192. The number of amides is 1. The summed E-state index contributed by atoms with van der Waals surface area (Å²) in [5, 5.41) is 2.29. The molecule has 0 aliphatic heterocycles. The van der Waals surface area contributed by atoms with Crippen LogP contribution in [0.15, 0.2) is 103 Å². The molecule has 0 saturated carbocycles. The lowest BCUT2D eigenvalue weighted by Crippen LogP contribution is -2.53. The van der Waals surface area contributed by atoms with Gasteiger partial charge in [-0.15, -0.1) is 11.3 Å². The minimum atomic E-state index is -0.890. The zero-order chi connectivity index (χ0) is 59.9. The van der Waals surface area contributed by atoms with Gasteiger partial charge in [0.05, 0.1) is 98.5 Å². The summed E-state index contributed by atoms with van der Waals surface area (Å²) in [4.78, 5) is 73.6. The second-order valence-corrected chi connectivity index (χ2v) is 17.2. The average Bonchev–Trinajstić information content (AvgIpc) is 3.46. The monoisotopic (exact) mass is 1170 g/mol. The fourth-order valence-corrected chi connectivity index (χ4v) is 6.96. The summed E-state index contributed by atoms with van der Waals surface area (Å²) in [6, 6.07) is 11.5. The third kappa shape index (κ3) is 36.9. The maximum Gasteiger partial charge on any atom is 0.330 e. The molecule has 2 aromatic rings. The molecule has 0 aliphatic carbocycles. The van der Waals surface area contributed by atoms with E-state index in [-0.39, 0.29) is 111 Å². The van der Waals surface area contributed by atoms with Crippen molar-refractivity contribution in [1.82, 2.24) is 4.90 Å². The van der Waals surface area contributed by atoms with Gasteiger partial charge in [0, 0.05) is 41.0 Å². The van der Waals surface area contributed by atoms with Crippen LogP contribution in [0.1, 0.15) is 40.2 Å². The van der Waals surface area contributed by atoms with Crippen molar-refractivity contribution >= 4 is 51.2 Å². The Morgan fingerprint density at radius 1 is 0.531 bits per heavy atom. The summed E-state index contributed by atoms with van der Waals surface area (Å²) in [7, 11) is 0.